The first-order valence-electron chi connectivity index (χ1n) is 22.8. The van der Waals surface area contributed by atoms with Gasteiger partial charge in [0.1, 0.15) is 0 Å². The van der Waals surface area contributed by atoms with Crippen LogP contribution in [0.25, 0.3) is 0 Å². The maximum Gasteiger partial charge on any atom is 0.311 e. The van der Waals surface area contributed by atoms with Gasteiger partial charge in [-0.1, -0.05) is 129 Å². The SMILES string of the molecule is C.C.C.C.C=CCN(CCCC)CCCC.CCCCN(CCCC)CCC[Si](C)(C)O[Si](C)(C)O[Si](C)(C)CCCC.CCCC[Si](C)(C)O[Si](C)(C)O[SiH](C)C. The summed E-state index contributed by atoms with van der Waals surface area (Å²) in [7, 11) is -9.54. The van der Waals surface area contributed by atoms with Gasteiger partial charge in [-0.05, 0) is 162 Å². The number of unbranched alkanes of at least 4 members (excludes halogenated alkanes) is 6. The van der Waals surface area contributed by atoms with Crippen LogP contribution in [0.1, 0.15) is 155 Å². The predicted molar refractivity (Wildman–Crippen MR) is 289 cm³/mol. The number of hydrogen-bond donors (Lipinski definition) is 0. The van der Waals surface area contributed by atoms with Gasteiger partial charge in [-0.25, -0.2) is 0 Å². The molecule has 0 spiro atoms. The molecule has 12 heteroatoms. The summed E-state index contributed by atoms with van der Waals surface area (Å²) in [6.45, 7) is 52.2. The van der Waals surface area contributed by atoms with Crippen molar-refractivity contribution in [1.82, 2.24) is 9.80 Å². The zero-order valence-electron chi connectivity index (χ0n) is 40.4. The summed E-state index contributed by atoms with van der Waals surface area (Å²) in [4.78, 5) is 5.16. The number of nitrogens with zero attached hydrogens (tertiary/aromatic N) is 2. The maximum atomic E-state index is 6.76. The zero-order chi connectivity index (χ0) is 42.3. The summed E-state index contributed by atoms with van der Waals surface area (Å²) in [6.07, 6.45) is 18.8. The zero-order valence-corrected chi connectivity index (χ0v) is 46.6. The van der Waals surface area contributed by atoms with E-state index in [4.69, 9.17) is 16.5 Å². The van der Waals surface area contributed by atoms with E-state index >= 15 is 0 Å². The lowest BCUT2D eigenvalue weighted by molar-refractivity contribution is 0.264. The highest BCUT2D eigenvalue weighted by Crippen LogP contribution is 2.27. The molecular formula is C46H118N2O4Si6. The van der Waals surface area contributed by atoms with Gasteiger partial charge in [0.2, 0.25) is 0 Å². The molecule has 0 N–H and O–H groups in total. The molecule has 0 atom stereocenters. The van der Waals surface area contributed by atoms with E-state index in [0.29, 0.717) is 0 Å². The lowest BCUT2D eigenvalue weighted by Gasteiger charge is -2.39. The van der Waals surface area contributed by atoms with E-state index in [9.17, 15) is 0 Å². The first-order valence-corrected chi connectivity index (χ1v) is 40.6. The second-order valence-electron chi connectivity index (χ2n) is 18.7. The highest BCUT2D eigenvalue weighted by molar-refractivity contribution is 6.88. The van der Waals surface area contributed by atoms with E-state index in [1.54, 1.807) is 0 Å². The van der Waals surface area contributed by atoms with Gasteiger partial charge >= 0.3 is 17.1 Å². The van der Waals surface area contributed by atoms with Crippen LogP contribution in [0.4, 0.5) is 0 Å². The molecule has 0 aliphatic heterocycles. The lowest BCUT2D eigenvalue weighted by Crippen LogP contribution is -2.52. The van der Waals surface area contributed by atoms with Crippen molar-refractivity contribution in [2.45, 2.75) is 251 Å². The topological polar surface area (TPSA) is 43.4 Å². The summed E-state index contributed by atoms with van der Waals surface area (Å²) in [5.74, 6) is 0. The van der Waals surface area contributed by atoms with Crippen molar-refractivity contribution in [2.75, 3.05) is 39.3 Å². The van der Waals surface area contributed by atoms with Crippen molar-refractivity contribution in [3.63, 3.8) is 0 Å². The van der Waals surface area contributed by atoms with Crippen molar-refractivity contribution in [1.29, 1.82) is 0 Å². The third kappa shape index (κ3) is 49.5. The molecule has 58 heavy (non-hydrogen) atoms. The van der Waals surface area contributed by atoms with Crippen LogP contribution in [0.3, 0.4) is 0 Å². The second kappa shape index (κ2) is 41.8. The van der Waals surface area contributed by atoms with Gasteiger partial charge in [0, 0.05) is 6.54 Å². The molecule has 0 aromatic heterocycles. The Kier molecular flexibility index (Phi) is 52.8. The van der Waals surface area contributed by atoms with Crippen molar-refractivity contribution in [2.24, 2.45) is 0 Å². The number of hydrogen-bond acceptors (Lipinski definition) is 6. The van der Waals surface area contributed by atoms with Gasteiger partial charge in [-0.15, -0.1) is 6.58 Å². The van der Waals surface area contributed by atoms with Crippen LogP contribution in [0, 0.1) is 0 Å². The van der Waals surface area contributed by atoms with Crippen LogP contribution in [0.5, 0.6) is 0 Å². The molecule has 0 radical (unpaired) electrons. The van der Waals surface area contributed by atoms with E-state index in [-0.39, 0.29) is 29.7 Å². The van der Waals surface area contributed by atoms with Crippen LogP contribution in [-0.4, -0.2) is 100 Å². The van der Waals surface area contributed by atoms with Crippen LogP contribution in [0.2, 0.25) is 96.7 Å². The van der Waals surface area contributed by atoms with Crippen molar-refractivity contribution in [3.8, 4) is 0 Å². The van der Waals surface area contributed by atoms with Crippen LogP contribution in [0.15, 0.2) is 12.7 Å². The van der Waals surface area contributed by atoms with E-state index in [2.05, 4.69) is 136 Å². The normalized spacial score (nSPS) is 12.0. The summed E-state index contributed by atoms with van der Waals surface area (Å²) in [6, 6.07) is 3.77. The van der Waals surface area contributed by atoms with Gasteiger partial charge < -0.3 is 21.4 Å². The first kappa shape index (κ1) is 73.2. The Hall–Kier alpha value is 0.801. The molecule has 0 fully saturated rings. The molecular weight excluding hydrogens is 813 g/mol. The predicted octanol–water partition coefficient (Wildman–Crippen LogP) is 16.6. The Bertz CT molecular complexity index is 848. The van der Waals surface area contributed by atoms with E-state index in [0.717, 1.165) is 6.54 Å². The molecule has 0 aliphatic carbocycles. The third-order valence-corrected chi connectivity index (χ3v) is 30.7. The summed E-state index contributed by atoms with van der Waals surface area (Å²) >= 11 is 0. The van der Waals surface area contributed by atoms with Crippen molar-refractivity contribution >= 4 is 51.1 Å². The average Bonchev–Trinajstić information content (AvgIpc) is 3.03. The maximum absolute atomic E-state index is 6.76. The van der Waals surface area contributed by atoms with Gasteiger partial charge in [-0.2, -0.15) is 0 Å². The molecule has 0 aromatic rings. The van der Waals surface area contributed by atoms with Gasteiger partial charge in [0.15, 0.2) is 34.0 Å². The molecule has 6 nitrogen and oxygen atoms in total. The second-order valence-corrected chi connectivity index (χ2v) is 41.9. The highest BCUT2D eigenvalue weighted by atomic mass is 28.5. The van der Waals surface area contributed by atoms with E-state index in [1.807, 2.05) is 6.08 Å². The largest absolute Gasteiger partial charge is 0.440 e. The molecule has 0 bridgehead atoms. The molecule has 0 aromatic carbocycles. The molecule has 0 aliphatic rings. The Morgan fingerprint density at radius 1 is 0.431 bits per heavy atom. The average molecular weight is 932 g/mol. The molecule has 0 saturated heterocycles. The van der Waals surface area contributed by atoms with Gasteiger partial charge in [0.25, 0.3) is 0 Å². The standard InChI is InChI=1S/C21H51NO2Si3.C11H23N.C10H28O2Si3.4CH4/c1-10-13-17-22(18-14-11-2)19-16-21-26(6,7)24-27(8,9)23-25(4,5)20-15-12-3;1-4-7-10-12(9-6-3)11-8-5-2;1-8-9-10-14(4,5)12-15(6,7)11-13(2)3;;;;/h10-21H2,1-9H3;6H,3-5,7-11H2,1-2H3;13H,8-10H2,1-7H3;4*1H4. The highest BCUT2D eigenvalue weighted by Gasteiger charge is 2.39. The molecule has 360 valence electrons. The van der Waals surface area contributed by atoms with Gasteiger partial charge in [0.05, 0.1) is 0 Å². The quantitative estimate of drug-likeness (QED) is 0.0495. The minimum absolute atomic E-state index is 0. The molecule has 0 saturated carbocycles. The summed E-state index contributed by atoms with van der Waals surface area (Å²) in [5.41, 5.74) is 0. The molecule has 0 rings (SSSR count). The van der Waals surface area contributed by atoms with E-state index < -0.39 is 51.1 Å². The molecule has 0 heterocycles. The summed E-state index contributed by atoms with van der Waals surface area (Å²) < 4.78 is 25.8. The number of rotatable bonds is 32. The Labute approximate surface area is 378 Å². The van der Waals surface area contributed by atoms with Crippen LogP contribution >= 0.6 is 0 Å². The Balaban J connectivity index is -0.000000143. The summed E-state index contributed by atoms with van der Waals surface area (Å²) in [5, 5.41) is 0. The molecule has 0 amide bonds. The fourth-order valence-electron chi connectivity index (χ4n) is 7.03. The Morgan fingerprint density at radius 2 is 0.707 bits per heavy atom. The first-order chi connectivity index (χ1) is 25.0. The minimum atomic E-state index is -2.03. The monoisotopic (exact) mass is 931 g/mol. The molecule has 0 unspecified atom stereocenters. The van der Waals surface area contributed by atoms with Gasteiger partial charge in [-0.3, -0.25) is 4.90 Å². The van der Waals surface area contributed by atoms with Crippen molar-refractivity contribution < 1.29 is 16.5 Å². The van der Waals surface area contributed by atoms with Crippen molar-refractivity contribution in [3.05, 3.63) is 12.7 Å². The smallest absolute Gasteiger partial charge is 0.311 e. The van der Waals surface area contributed by atoms with Crippen LogP contribution < -0.4 is 0 Å². The third-order valence-electron chi connectivity index (χ3n) is 9.30. The van der Waals surface area contributed by atoms with E-state index in [1.165, 1.54) is 134 Å². The Morgan fingerprint density at radius 3 is 1.00 bits per heavy atom. The fraction of sp³-hybridized carbons (Fsp3) is 0.957. The lowest BCUT2D eigenvalue weighted by atomic mass is 10.2. The van der Waals surface area contributed by atoms with Crippen LogP contribution in [-0.2, 0) is 16.5 Å². The fourth-order valence-corrected chi connectivity index (χ4v) is 33.4. The minimum Gasteiger partial charge on any atom is -0.440 e.